The van der Waals surface area contributed by atoms with E-state index in [2.05, 4.69) is 10.3 Å². The second-order valence-electron chi connectivity index (χ2n) is 7.50. The highest BCUT2D eigenvalue weighted by Gasteiger charge is 2.37. The molecule has 0 bridgehead atoms. The second-order valence-corrected chi connectivity index (χ2v) is 9.18. The van der Waals surface area contributed by atoms with Gasteiger partial charge in [0.2, 0.25) is 0 Å². The monoisotopic (exact) mass is 549 g/mol. The minimum Gasteiger partial charge on any atom is -0.480 e. The summed E-state index contributed by atoms with van der Waals surface area (Å²) in [4.78, 5) is 28.9. The molecule has 6 nitrogen and oxygen atoms in total. The number of benzene rings is 1. The van der Waals surface area contributed by atoms with Crippen LogP contribution in [0, 0.1) is 0 Å². The molecule has 1 aliphatic heterocycles. The summed E-state index contributed by atoms with van der Waals surface area (Å²) in [6.45, 7) is 0.339. The van der Waals surface area contributed by atoms with Gasteiger partial charge in [-0.1, -0.05) is 30.0 Å². The van der Waals surface area contributed by atoms with Gasteiger partial charge in [-0.2, -0.15) is 26.3 Å². The first-order valence-electron chi connectivity index (χ1n) is 10.2. The lowest BCUT2D eigenvalue weighted by molar-refractivity contribution is -0.143. The summed E-state index contributed by atoms with van der Waals surface area (Å²) >= 11 is 6.19. The summed E-state index contributed by atoms with van der Waals surface area (Å²) in [5, 5.41) is 11.3. The van der Waals surface area contributed by atoms with Crippen molar-refractivity contribution < 1.29 is 41.0 Å². The molecule has 1 amide bonds. The first kappa shape index (κ1) is 27.6. The number of hydrogen-bond acceptors (Lipinski definition) is 6. The van der Waals surface area contributed by atoms with Crippen LogP contribution in [0.1, 0.15) is 23.2 Å². The van der Waals surface area contributed by atoms with E-state index in [4.69, 9.17) is 17.3 Å². The van der Waals surface area contributed by atoms with E-state index < -0.39 is 35.4 Å². The molecule has 14 heteroatoms. The number of aromatic nitrogens is 1. The number of carbonyl (C=O) groups excluding carboxylic acids is 1. The van der Waals surface area contributed by atoms with E-state index in [-0.39, 0.29) is 45.3 Å². The number of nitrogens with one attached hydrogen (secondary N) is 1. The van der Waals surface area contributed by atoms with Gasteiger partial charge in [-0.3, -0.25) is 14.5 Å². The number of rotatable bonds is 8. The Morgan fingerprint density at radius 1 is 1.11 bits per heavy atom. The van der Waals surface area contributed by atoms with E-state index in [1.54, 1.807) is 0 Å². The highest BCUT2D eigenvalue weighted by atomic mass is 32.2. The Balaban J connectivity index is 1.83. The maximum absolute atomic E-state index is 13.2. The van der Waals surface area contributed by atoms with Crippen molar-refractivity contribution >= 4 is 46.3 Å². The number of carbonyl (C=O) groups is 2. The molecule has 1 fully saturated rings. The second kappa shape index (κ2) is 11.0. The topological polar surface area (TPSA) is 82.5 Å². The molecule has 2 aromatic rings. The van der Waals surface area contributed by atoms with Crippen molar-refractivity contribution in [2.75, 3.05) is 19.6 Å². The van der Waals surface area contributed by atoms with Crippen molar-refractivity contribution in [1.82, 2.24) is 15.2 Å². The molecule has 0 aliphatic carbocycles. The zero-order chi connectivity index (χ0) is 26.7. The molecule has 0 spiro atoms. The van der Waals surface area contributed by atoms with Crippen LogP contribution in [0.4, 0.5) is 26.3 Å². The summed E-state index contributed by atoms with van der Waals surface area (Å²) in [5.41, 5.74) is -3.30. The first-order chi connectivity index (χ1) is 16.8. The number of hydrogen-bond donors (Lipinski definition) is 2. The molecule has 0 radical (unpaired) electrons. The van der Waals surface area contributed by atoms with E-state index in [1.165, 1.54) is 29.2 Å². The normalized spacial score (nSPS) is 15.7. The van der Waals surface area contributed by atoms with Gasteiger partial charge in [-0.25, -0.2) is 4.98 Å². The Morgan fingerprint density at radius 2 is 1.75 bits per heavy atom. The van der Waals surface area contributed by atoms with Gasteiger partial charge in [-0.05, 0) is 49.4 Å². The standard InChI is InChI=1S/C22H17F6N3O3S2/c23-21(24,25)13-7-12(8-14(9-13)22(26,27)28)16-4-1-3-15(30-16)10-17-19(34)31(20(35)36-17)6-2-5-29-11-18(32)33/h1,3-4,7-10,29H,2,5-6,11H2,(H,32,33)/b17-10-. The van der Waals surface area contributed by atoms with Crippen LogP contribution in [0.2, 0.25) is 0 Å². The smallest absolute Gasteiger partial charge is 0.416 e. The Hall–Kier alpha value is -2.97. The molecule has 1 saturated heterocycles. The fourth-order valence-corrected chi connectivity index (χ4v) is 4.47. The quantitative estimate of drug-likeness (QED) is 0.206. The molecule has 2 heterocycles. The third-order valence-corrected chi connectivity index (χ3v) is 6.20. The molecule has 1 aromatic heterocycles. The van der Waals surface area contributed by atoms with Gasteiger partial charge in [0.25, 0.3) is 5.91 Å². The fraction of sp³-hybridized carbons (Fsp3) is 0.273. The number of alkyl halides is 6. The Kier molecular flexibility index (Phi) is 8.41. The number of pyridine rings is 1. The molecule has 0 atom stereocenters. The number of nitrogens with zero attached hydrogens (tertiary/aromatic N) is 2. The highest BCUT2D eigenvalue weighted by Crippen LogP contribution is 2.38. The van der Waals surface area contributed by atoms with Crippen LogP contribution < -0.4 is 5.32 Å². The molecule has 2 N–H and O–H groups in total. The largest absolute Gasteiger partial charge is 0.480 e. The van der Waals surface area contributed by atoms with Crippen LogP contribution >= 0.6 is 24.0 Å². The molecule has 1 aromatic carbocycles. The van der Waals surface area contributed by atoms with Crippen molar-refractivity contribution in [1.29, 1.82) is 0 Å². The lowest BCUT2D eigenvalue weighted by Crippen LogP contribution is -2.32. The number of carboxylic acid groups (broad SMARTS) is 1. The fourth-order valence-electron chi connectivity index (χ4n) is 3.18. The van der Waals surface area contributed by atoms with Crippen LogP contribution in [0.25, 0.3) is 17.3 Å². The van der Waals surface area contributed by atoms with Crippen molar-refractivity contribution in [3.8, 4) is 11.3 Å². The number of thiocarbonyl (C=S) groups is 1. The molecule has 36 heavy (non-hydrogen) atoms. The molecular formula is C22H17F6N3O3S2. The van der Waals surface area contributed by atoms with E-state index in [0.29, 0.717) is 25.1 Å². The average molecular weight is 550 g/mol. The summed E-state index contributed by atoms with van der Waals surface area (Å²) in [7, 11) is 0. The molecule has 0 unspecified atom stereocenters. The zero-order valence-corrected chi connectivity index (χ0v) is 19.7. The molecular weight excluding hydrogens is 532 g/mol. The Morgan fingerprint density at radius 3 is 2.33 bits per heavy atom. The van der Waals surface area contributed by atoms with Gasteiger partial charge in [0.15, 0.2) is 0 Å². The summed E-state index contributed by atoms with van der Waals surface area (Å²) in [6, 6.07) is 5.32. The maximum atomic E-state index is 13.2. The van der Waals surface area contributed by atoms with E-state index in [0.717, 1.165) is 11.8 Å². The zero-order valence-electron chi connectivity index (χ0n) is 18.1. The molecule has 3 rings (SSSR count). The van der Waals surface area contributed by atoms with Crippen LogP contribution in [-0.2, 0) is 21.9 Å². The van der Waals surface area contributed by atoms with Crippen molar-refractivity contribution in [3.05, 3.63) is 58.1 Å². The molecule has 192 valence electrons. The number of halogens is 6. The Bertz CT molecular complexity index is 1180. The average Bonchev–Trinajstić information content (AvgIpc) is 3.04. The van der Waals surface area contributed by atoms with Gasteiger partial charge < -0.3 is 10.4 Å². The summed E-state index contributed by atoms with van der Waals surface area (Å²) < 4.78 is 79.5. The van der Waals surface area contributed by atoms with E-state index in [9.17, 15) is 35.9 Å². The van der Waals surface area contributed by atoms with Crippen LogP contribution in [0.5, 0.6) is 0 Å². The predicted molar refractivity (Wildman–Crippen MR) is 125 cm³/mol. The lowest BCUT2D eigenvalue weighted by Gasteiger charge is -2.14. The van der Waals surface area contributed by atoms with Gasteiger partial charge in [-0.15, -0.1) is 0 Å². The minimum absolute atomic E-state index is 0.0376. The number of carboxylic acids is 1. The van der Waals surface area contributed by atoms with E-state index in [1.807, 2.05) is 0 Å². The third-order valence-electron chi connectivity index (χ3n) is 4.82. The van der Waals surface area contributed by atoms with Gasteiger partial charge in [0.1, 0.15) is 4.32 Å². The molecule has 0 saturated carbocycles. The SMILES string of the molecule is O=C(O)CNCCCN1C(=O)/C(=C/c2cccc(-c3cc(C(F)(F)F)cc(C(F)(F)F)c3)n2)SC1=S. The maximum Gasteiger partial charge on any atom is 0.416 e. The first-order valence-corrected chi connectivity index (χ1v) is 11.4. The summed E-state index contributed by atoms with van der Waals surface area (Å²) in [5.74, 6) is -1.45. The van der Waals surface area contributed by atoms with E-state index >= 15 is 0 Å². The number of amides is 1. The van der Waals surface area contributed by atoms with Crippen LogP contribution in [0.15, 0.2) is 41.3 Å². The van der Waals surface area contributed by atoms with Crippen molar-refractivity contribution in [2.45, 2.75) is 18.8 Å². The van der Waals surface area contributed by atoms with Gasteiger partial charge in [0, 0.05) is 12.1 Å². The highest BCUT2D eigenvalue weighted by molar-refractivity contribution is 8.26. The number of aliphatic carboxylic acids is 1. The third kappa shape index (κ3) is 7.04. The van der Waals surface area contributed by atoms with Gasteiger partial charge >= 0.3 is 18.3 Å². The van der Waals surface area contributed by atoms with Crippen LogP contribution in [0.3, 0.4) is 0 Å². The van der Waals surface area contributed by atoms with Gasteiger partial charge in [0.05, 0.1) is 34.0 Å². The summed E-state index contributed by atoms with van der Waals surface area (Å²) in [6.07, 6.45) is -8.21. The Labute approximate surface area is 210 Å². The van der Waals surface area contributed by atoms with Crippen molar-refractivity contribution in [2.24, 2.45) is 0 Å². The lowest BCUT2D eigenvalue weighted by atomic mass is 10.0. The van der Waals surface area contributed by atoms with Crippen LogP contribution in [-0.4, -0.2) is 50.8 Å². The minimum atomic E-state index is -5.00. The predicted octanol–water partition coefficient (Wildman–Crippen LogP) is 5.05. The van der Waals surface area contributed by atoms with Crippen molar-refractivity contribution in [3.63, 3.8) is 0 Å². The molecule has 1 aliphatic rings. The number of thioether (sulfide) groups is 1.